The van der Waals surface area contributed by atoms with Crippen LogP contribution in [0.2, 0.25) is 0 Å². The van der Waals surface area contributed by atoms with Gasteiger partial charge in [0, 0.05) is 10.8 Å². The number of fused-ring (bicyclic) bond motifs is 1. The maximum absolute atomic E-state index is 13.7. The zero-order valence-corrected chi connectivity index (χ0v) is 20.1. The molecule has 0 aromatic rings. The summed E-state index contributed by atoms with van der Waals surface area (Å²) in [5.41, 5.74) is 3.86. The lowest BCUT2D eigenvalue weighted by molar-refractivity contribution is -0.209. The third kappa shape index (κ3) is 2.30. The number of ketones is 1. The van der Waals surface area contributed by atoms with E-state index in [1.165, 1.54) is 6.08 Å². The first kappa shape index (κ1) is 22.5. The molecule has 5 aliphatic carbocycles. The van der Waals surface area contributed by atoms with Crippen molar-refractivity contribution >= 4 is 23.6 Å². The van der Waals surface area contributed by atoms with Gasteiger partial charge in [0.15, 0.2) is 11.2 Å². The Morgan fingerprint density at radius 1 is 1.18 bits per heavy atom. The lowest BCUT2D eigenvalue weighted by Gasteiger charge is -2.70. The molecule has 8 atom stereocenters. The van der Waals surface area contributed by atoms with E-state index in [0.717, 1.165) is 31.3 Å². The summed E-state index contributed by atoms with van der Waals surface area (Å²) in [7, 11) is 0. The van der Waals surface area contributed by atoms with Crippen molar-refractivity contribution in [1.82, 2.24) is 0 Å². The van der Waals surface area contributed by atoms with Crippen molar-refractivity contribution in [2.45, 2.75) is 66.2 Å². The number of carbonyl (C=O) groups is 4. The third-order valence-corrected chi connectivity index (χ3v) is 10.8. The van der Waals surface area contributed by atoms with Crippen LogP contribution in [0.3, 0.4) is 0 Å². The molecule has 8 unspecified atom stereocenters. The number of allylic oxidation sites excluding steroid dienone is 3. The largest absolute Gasteiger partial charge is 0.392 e. The molecule has 33 heavy (non-hydrogen) atoms. The van der Waals surface area contributed by atoms with Crippen molar-refractivity contribution in [2.75, 3.05) is 0 Å². The number of hydrogen-bond donors (Lipinski definition) is 1. The molecule has 6 heteroatoms. The molecule has 1 spiro atoms. The van der Waals surface area contributed by atoms with Crippen LogP contribution in [0.1, 0.15) is 66.2 Å². The molecule has 3 saturated carbocycles. The first-order chi connectivity index (χ1) is 15.4. The van der Waals surface area contributed by atoms with Crippen LogP contribution in [-0.2, 0) is 23.9 Å². The van der Waals surface area contributed by atoms with Crippen LogP contribution < -0.4 is 5.73 Å². The normalized spacial score (nSPS) is 47.8. The first-order valence-electron chi connectivity index (χ1n) is 12.4. The number of amides is 1. The van der Waals surface area contributed by atoms with Gasteiger partial charge >= 0.3 is 11.9 Å². The Balaban J connectivity index is 1.78. The van der Waals surface area contributed by atoms with E-state index in [2.05, 4.69) is 33.4 Å². The Bertz CT molecular complexity index is 1030. The fourth-order valence-corrected chi connectivity index (χ4v) is 9.50. The summed E-state index contributed by atoms with van der Waals surface area (Å²) < 4.78 is 5.28. The molecule has 0 aromatic heterocycles. The van der Waals surface area contributed by atoms with Crippen molar-refractivity contribution in [3.63, 3.8) is 0 Å². The molecule has 4 fully saturated rings. The molecule has 6 nitrogen and oxygen atoms in total. The number of esters is 2. The standard InChI is InChI=1S/C27H35NO5/c1-6-19(29)27-20(21(30)33-23(27)32)15-12-18-24(4)9-7-10-25(5,22(28)31)17(24)8-11-26(18,27)13-16(15)14(2)3/h6,13-15,17-18,20H,1,7-12H2,2-5H3,(H2,28,31). The molecule has 0 radical (unpaired) electrons. The average molecular weight is 454 g/mol. The predicted octanol–water partition coefficient (Wildman–Crippen LogP) is 3.74. The molecule has 6 rings (SSSR count). The highest BCUT2D eigenvalue weighted by Gasteiger charge is 2.81. The quantitative estimate of drug-likeness (QED) is 0.302. The summed E-state index contributed by atoms with van der Waals surface area (Å²) in [6.07, 6.45) is 7.93. The van der Waals surface area contributed by atoms with Crippen molar-refractivity contribution in [3.8, 4) is 0 Å². The molecule has 6 aliphatic rings. The molecule has 1 amide bonds. The predicted molar refractivity (Wildman–Crippen MR) is 121 cm³/mol. The van der Waals surface area contributed by atoms with Crippen LogP contribution in [0.15, 0.2) is 24.3 Å². The summed E-state index contributed by atoms with van der Waals surface area (Å²) in [6.45, 7) is 12.2. The summed E-state index contributed by atoms with van der Waals surface area (Å²) in [5.74, 6) is -2.70. The lowest BCUT2D eigenvalue weighted by atomic mass is 9.30. The minimum atomic E-state index is -1.55. The van der Waals surface area contributed by atoms with Gasteiger partial charge in [-0.05, 0) is 67.3 Å². The van der Waals surface area contributed by atoms with Crippen molar-refractivity contribution in [2.24, 2.45) is 57.0 Å². The second-order valence-corrected chi connectivity index (χ2v) is 12.0. The van der Waals surface area contributed by atoms with E-state index in [1.807, 2.05) is 6.92 Å². The summed E-state index contributed by atoms with van der Waals surface area (Å²) in [6, 6.07) is 0. The molecule has 1 saturated heterocycles. The van der Waals surface area contributed by atoms with Crippen molar-refractivity contribution in [1.29, 1.82) is 0 Å². The van der Waals surface area contributed by atoms with Gasteiger partial charge in [0.05, 0.1) is 5.92 Å². The molecule has 178 valence electrons. The molecule has 2 bridgehead atoms. The fraction of sp³-hybridized carbons (Fsp3) is 0.704. The van der Waals surface area contributed by atoms with Crippen LogP contribution >= 0.6 is 0 Å². The number of ether oxygens (including phenoxy) is 1. The van der Waals surface area contributed by atoms with Gasteiger partial charge in [-0.3, -0.25) is 19.2 Å². The second kappa shape index (κ2) is 6.67. The number of primary amides is 1. The highest BCUT2D eigenvalue weighted by molar-refractivity contribution is 6.19. The van der Waals surface area contributed by atoms with Gasteiger partial charge in [-0.1, -0.05) is 52.3 Å². The molecule has 1 aliphatic heterocycles. The highest BCUT2D eigenvalue weighted by atomic mass is 16.6. The highest BCUT2D eigenvalue weighted by Crippen LogP contribution is 2.78. The summed E-state index contributed by atoms with van der Waals surface area (Å²) >= 11 is 0. The topological polar surface area (TPSA) is 104 Å². The van der Waals surface area contributed by atoms with E-state index in [9.17, 15) is 19.2 Å². The second-order valence-electron chi connectivity index (χ2n) is 12.0. The number of hydrogen-bond acceptors (Lipinski definition) is 5. The number of carbonyl (C=O) groups excluding carboxylic acids is 4. The van der Waals surface area contributed by atoms with E-state index < -0.39 is 39.9 Å². The van der Waals surface area contributed by atoms with Gasteiger partial charge in [0.1, 0.15) is 0 Å². The third-order valence-electron chi connectivity index (χ3n) is 10.8. The van der Waals surface area contributed by atoms with E-state index in [0.29, 0.717) is 12.8 Å². The lowest BCUT2D eigenvalue weighted by Crippen LogP contribution is -2.71. The average Bonchev–Trinajstić information content (AvgIpc) is 3.05. The van der Waals surface area contributed by atoms with Crippen LogP contribution in [-0.4, -0.2) is 23.6 Å². The zero-order valence-electron chi connectivity index (χ0n) is 20.1. The maximum atomic E-state index is 13.7. The Hall–Kier alpha value is -2.24. The first-order valence-corrected chi connectivity index (χ1v) is 12.4. The van der Waals surface area contributed by atoms with Gasteiger partial charge in [-0.2, -0.15) is 0 Å². The van der Waals surface area contributed by atoms with E-state index in [1.54, 1.807) is 0 Å². The van der Waals surface area contributed by atoms with Crippen molar-refractivity contribution in [3.05, 3.63) is 24.3 Å². The number of nitrogens with two attached hydrogens (primary N) is 1. The minimum Gasteiger partial charge on any atom is -0.392 e. The van der Waals surface area contributed by atoms with E-state index >= 15 is 0 Å². The Morgan fingerprint density at radius 2 is 1.88 bits per heavy atom. The molecule has 2 N–H and O–H groups in total. The van der Waals surface area contributed by atoms with E-state index in [4.69, 9.17) is 10.5 Å². The van der Waals surface area contributed by atoms with Gasteiger partial charge in [-0.15, -0.1) is 0 Å². The summed E-state index contributed by atoms with van der Waals surface area (Å²) in [5, 5.41) is 0. The van der Waals surface area contributed by atoms with E-state index in [-0.39, 0.29) is 35.0 Å². The van der Waals surface area contributed by atoms with Gasteiger partial charge in [0.2, 0.25) is 5.91 Å². The zero-order chi connectivity index (χ0) is 24.1. The summed E-state index contributed by atoms with van der Waals surface area (Å²) in [4.78, 5) is 53.0. The monoisotopic (exact) mass is 453 g/mol. The molecular formula is C27H35NO5. The van der Waals surface area contributed by atoms with Crippen LogP contribution in [0.5, 0.6) is 0 Å². The van der Waals surface area contributed by atoms with Gasteiger partial charge in [-0.25, -0.2) is 0 Å². The van der Waals surface area contributed by atoms with Gasteiger partial charge < -0.3 is 10.5 Å². The van der Waals surface area contributed by atoms with Crippen LogP contribution in [0.4, 0.5) is 0 Å². The van der Waals surface area contributed by atoms with Crippen LogP contribution in [0.25, 0.3) is 0 Å². The minimum absolute atomic E-state index is 0.0196. The SMILES string of the molecule is C=CC(=O)C12C(=O)OC(=O)C1C1CC3C4(C)CCCC(C)(C(N)=O)C4CCC32C=C1C(C)C. The fourth-order valence-electron chi connectivity index (χ4n) is 9.50. The van der Waals surface area contributed by atoms with Crippen LogP contribution in [0, 0.1) is 51.2 Å². The molecule has 0 aromatic carbocycles. The molecule has 1 heterocycles. The Morgan fingerprint density at radius 3 is 2.48 bits per heavy atom. The Labute approximate surface area is 195 Å². The molecular weight excluding hydrogens is 418 g/mol. The number of cyclic esters (lactones) is 2. The van der Waals surface area contributed by atoms with Gasteiger partial charge in [0.25, 0.3) is 0 Å². The number of rotatable bonds is 4. The maximum Gasteiger partial charge on any atom is 0.329 e. The Kier molecular flexibility index (Phi) is 4.56. The van der Waals surface area contributed by atoms with Crippen molar-refractivity contribution < 1.29 is 23.9 Å². The smallest absolute Gasteiger partial charge is 0.329 e.